The van der Waals surface area contributed by atoms with E-state index in [0.717, 1.165) is 11.3 Å². The molecule has 1 aromatic carbocycles. The Kier molecular flexibility index (Phi) is 8.66. The molecule has 6 nitrogen and oxygen atoms in total. The van der Waals surface area contributed by atoms with Crippen molar-refractivity contribution < 1.29 is 18.5 Å². The first-order chi connectivity index (χ1) is 13.2. The molecular weight excluding hydrogens is 445 g/mol. The summed E-state index contributed by atoms with van der Waals surface area (Å²) in [5.74, 6) is -0.479. The average Bonchev–Trinajstić information content (AvgIpc) is 3.06. The van der Waals surface area contributed by atoms with E-state index in [2.05, 4.69) is 9.68 Å². The number of carbonyl (C=O) groups is 1. The lowest BCUT2D eigenvalue weighted by Gasteiger charge is -2.19. The SMILES string of the molecule is CC(C)c1cc(F)cc(C(C)C)c1NC(=O)N=S(N)(=O)c1cc(C(C)(C)O)cs1.S. The normalized spacial score (nSPS) is 13.7. The maximum absolute atomic E-state index is 14.0. The zero-order valence-corrected chi connectivity index (χ0v) is 20.6. The van der Waals surface area contributed by atoms with Crippen LogP contribution in [-0.2, 0) is 15.5 Å². The van der Waals surface area contributed by atoms with Gasteiger partial charge in [0.05, 0.1) is 5.60 Å². The van der Waals surface area contributed by atoms with Gasteiger partial charge in [-0.3, -0.25) is 0 Å². The molecule has 0 spiro atoms. The largest absolute Gasteiger partial charge is 0.386 e. The Hall–Kier alpha value is -1.46. The van der Waals surface area contributed by atoms with Gasteiger partial charge in [-0.25, -0.2) is 18.5 Å². The molecular formula is C20H30FN3O3S3. The highest BCUT2D eigenvalue weighted by Crippen LogP contribution is 2.34. The fraction of sp³-hybridized carbons (Fsp3) is 0.450. The van der Waals surface area contributed by atoms with E-state index < -0.39 is 21.5 Å². The molecule has 4 N–H and O–H groups in total. The summed E-state index contributed by atoms with van der Waals surface area (Å²) in [4.78, 5) is 12.6. The highest BCUT2D eigenvalue weighted by molar-refractivity contribution is 7.93. The maximum atomic E-state index is 14.0. The number of nitrogens with zero attached hydrogens (tertiary/aromatic N) is 1. The fourth-order valence-corrected chi connectivity index (χ4v) is 5.07. The van der Waals surface area contributed by atoms with Gasteiger partial charge in [-0.15, -0.1) is 15.7 Å². The summed E-state index contributed by atoms with van der Waals surface area (Å²) in [5.41, 5.74) is 1.12. The van der Waals surface area contributed by atoms with E-state index in [1.54, 1.807) is 19.2 Å². The molecule has 0 aliphatic rings. The third kappa shape index (κ3) is 6.27. The second-order valence-electron chi connectivity index (χ2n) is 8.07. The monoisotopic (exact) mass is 475 g/mol. The van der Waals surface area contributed by atoms with Gasteiger partial charge in [0.25, 0.3) is 0 Å². The van der Waals surface area contributed by atoms with Crippen molar-refractivity contribution in [1.82, 2.24) is 0 Å². The van der Waals surface area contributed by atoms with Gasteiger partial charge in [0.15, 0.2) is 9.92 Å². The van der Waals surface area contributed by atoms with Gasteiger partial charge in [-0.05, 0) is 66.0 Å². The van der Waals surface area contributed by atoms with Crippen molar-refractivity contribution >= 4 is 46.5 Å². The van der Waals surface area contributed by atoms with Gasteiger partial charge in [-0.2, -0.15) is 13.5 Å². The van der Waals surface area contributed by atoms with Crippen LogP contribution in [-0.4, -0.2) is 15.3 Å². The van der Waals surface area contributed by atoms with Crippen LogP contribution < -0.4 is 10.5 Å². The number of hydrogen-bond donors (Lipinski definition) is 3. The van der Waals surface area contributed by atoms with Crippen LogP contribution >= 0.6 is 24.8 Å². The number of anilines is 1. The first-order valence-electron chi connectivity index (χ1n) is 9.23. The Labute approximate surface area is 188 Å². The first kappa shape index (κ1) is 26.6. The summed E-state index contributed by atoms with van der Waals surface area (Å²) in [6.07, 6.45) is 0. The minimum absolute atomic E-state index is 0. The smallest absolute Gasteiger partial charge is 0.354 e. The molecule has 30 heavy (non-hydrogen) atoms. The van der Waals surface area contributed by atoms with E-state index in [-0.39, 0.29) is 35.4 Å². The van der Waals surface area contributed by atoms with Gasteiger partial charge >= 0.3 is 6.03 Å². The van der Waals surface area contributed by atoms with Gasteiger partial charge in [0.2, 0.25) is 0 Å². The summed E-state index contributed by atoms with van der Waals surface area (Å²) < 4.78 is 30.8. The van der Waals surface area contributed by atoms with Crippen molar-refractivity contribution in [3.8, 4) is 0 Å². The number of nitrogens with one attached hydrogen (secondary N) is 1. The van der Waals surface area contributed by atoms with E-state index in [0.29, 0.717) is 22.4 Å². The number of rotatable bonds is 5. The third-order valence-electron chi connectivity index (χ3n) is 4.43. The number of amides is 2. The minimum Gasteiger partial charge on any atom is -0.386 e. The van der Waals surface area contributed by atoms with E-state index in [9.17, 15) is 18.5 Å². The van der Waals surface area contributed by atoms with Crippen LogP contribution in [0.2, 0.25) is 0 Å². The van der Waals surface area contributed by atoms with E-state index in [1.165, 1.54) is 18.2 Å². The quantitative estimate of drug-likeness (QED) is 0.539. The number of urea groups is 1. The standard InChI is InChI=1S/C20H28FN3O3S2.H2S/c1-11(2)15-8-14(21)9-16(12(3)4)18(15)23-19(25)24-29(22,27)17-7-13(10-28-17)20(5,6)26;/h7-12,26H,1-6H3,(H3,22,23,24,25,27);1H2. The van der Waals surface area contributed by atoms with Gasteiger partial charge < -0.3 is 10.4 Å². The predicted octanol–water partition coefficient (Wildman–Crippen LogP) is 5.41. The zero-order chi connectivity index (χ0) is 22.1. The molecule has 2 rings (SSSR count). The Morgan fingerprint density at radius 3 is 2.10 bits per heavy atom. The molecule has 2 aromatic rings. The number of aliphatic hydroxyl groups is 1. The van der Waals surface area contributed by atoms with Gasteiger partial charge in [0, 0.05) is 5.69 Å². The molecule has 0 bridgehead atoms. The van der Waals surface area contributed by atoms with Crippen molar-refractivity contribution in [1.29, 1.82) is 0 Å². The van der Waals surface area contributed by atoms with Crippen molar-refractivity contribution in [2.24, 2.45) is 9.50 Å². The van der Waals surface area contributed by atoms with Gasteiger partial charge in [-0.1, -0.05) is 27.7 Å². The Bertz CT molecular complexity index is 1000. The molecule has 1 aromatic heterocycles. The second-order valence-corrected chi connectivity index (χ2v) is 11.0. The molecule has 0 fully saturated rings. The predicted molar refractivity (Wildman–Crippen MR) is 127 cm³/mol. The van der Waals surface area contributed by atoms with Crippen LogP contribution in [0, 0.1) is 5.82 Å². The number of nitrogens with two attached hydrogens (primary N) is 1. The molecule has 0 radical (unpaired) electrons. The molecule has 0 saturated carbocycles. The van der Waals surface area contributed by atoms with Crippen LogP contribution in [0.4, 0.5) is 14.9 Å². The number of carbonyl (C=O) groups excluding carboxylic acids is 1. The molecule has 10 heteroatoms. The first-order valence-corrected chi connectivity index (χ1v) is 11.7. The Morgan fingerprint density at radius 2 is 1.70 bits per heavy atom. The third-order valence-corrected chi connectivity index (χ3v) is 7.29. The molecule has 168 valence electrons. The number of benzene rings is 1. The summed E-state index contributed by atoms with van der Waals surface area (Å²) in [5, 5.41) is 20.2. The molecule has 2 amide bonds. The maximum Gasteiger partial charge on any atom is 0.354 e. The number of halogens is 1. The Balaban J connectivity index is 0.00000450. The van der Waals surface area contributed by atoms with Crippen LogP contribution in [0.5, 0.6) is 0 Å². The number of thiophene rings is 1. The van der Waals surface area contributed by atoms with Crippen LogP contribution in [0.15, 0.2) is 32.2 Å². The van der Waals surface area contributed by atoms with E-state index in [4.69, 9.17) is 5.14 Å². The number of hydrogen-bond acceptors (Lipinski definition) is 4. The van der Waals surface area contributed by atoms with Gasteiger partial charge in [0.1, 0.15) is 10.0 Å². The van der Waals surface area contributed by atoms with E-state index >= 15 is 0 Å². The molecule has 1 atom stereocenters. The minimum atomic E-state index is -3.50. The Morgan fingerprint density at radius 1 is 1.20 bits per heavy atom. The lowest BCUT2D eigenvalue weighted by atomic mass is 9.92. The summed E-state index contributed by atoms with van der Waals surface area (Å²) in [6, 6.07) is 3.37. The topological polar surface area (TPSA) is 105 Å². The molecule has 1 heterocycles. The van der Waals surface area contributed by atoms with Crippen molar-refractivity contribution in [2.75, 3.05) is 5.32 Å². The lowest BCUT2D eigenvalue weighted by molar-refractivity contribution is 0.0789. The average molecular weight is 476 g/mol. The fourth-order valence-electron chi connectivity index (χ4n) is 2.79. The summed E-state index contributed by atoms with van der Waals surface area (Å²) in [6.45, 7) is 10.7. The summed E-state index contributed by atoms with van der Waals surface area (Å²) >= 11 is 1.07. The van der Waals surface area contributed by atoms with Crippen LogP contribution in [0.25, 0.3) is 0 Å². The van der Waals surface area contributed by atoms with Crippen molar-refractivity contribution in [2.45, 2.75) is 63.2 Å². The molecule has 1 unspecified atom stereocenters. The molecule has 0 aliphatic heterocycles. The van der Waals surface area contributed by atoms with Crippen LogP contribution in [0.3, 0.4) is 0 Å². The zero-order valence-electron chi connectivity index (χ0n) is 17.9. The second kappa shape index (κ2) is 9.78. The van der Waals surface area contributed by atoms with Crippen LogP contribution in [0.1, 0.15) is 70.1 Å². The van der Waals surface area contributed by atoms with E-state index in [1.807, 2.05) is 27.7 Å². The molecule has 0 saturated heterocycles. The van der Waals surface area contributed by atoms with Crippen molar-refractivity contribution in [3.05, 3.63) is 46.1 Å². The lowest BCUT2D eigenvalue weighted by Crippen LogP contribution is -2.19. The summed E-state index contributed by atoms with van der Waals surface area (Å²) in [7, 11) is -3.50. The highest BCUT2D eigenvalue weighted by Gasteiger charge is 2.22. The highest BCUT2D eigenvalue weighted by atomic mass is 32.2. The molecule has 0 aliphatic carbocycles. The van der Waals surface area contributed by atoms with Crippen molar-refractivity contribution in [3.63, 3.8) is 0 Å².